The van der Waals surface area contributed by atoms with Crippen LogP contribution in [0.1, 0.15) is 11.1 Å². The molecule has 4 nitrogen and oxygen atoms in total. The Morgan fingerprint density at radius 2 is 1.83 bits per heavy atom. The molecule has 128 valence electrons. The molecule has 6 heteroatoms. The molecule has 0 aliphatic carbocycles. The summed E-state index contributed by atoms with van der Waals surface area (Å²) in [6.07, 6.45) is -0.283. The number of aliphatic hydroxyl groups is 1. The summed E-state index contributed by atoms with van der Waals surface area (Å²) >= 11 is 0. The number of aliphatic hydroxyl groups excluding tert-OH is 1. The summed E-state index contributed by atoms with van der Waals surface area (Å²) < 4.78 is 31.1. The second-order valence-corrected chi connectivity index (χ2v) is 5.44. The number of hydrogen-bond acceptors (Lipinski definition) is 3. The lowest BCUT2D eigenvalue weighted by atomic mass is 10.00. The molecule has 0 bridgehead atoms. The van der Waals surface area contributed by atoms with E-state index in [4.69, 9.17) is 4.74 Å². The number of nitrogens with one attached hydrogen (secondary N) is 1. The number of hydrogen-bond donors (Lipinski definition) is 2. The fraction of sp³-hybridized carbons (Fsp3) is 0.278. The monoisotopic (exact) mass is 335 g/mol. The summed E-state index contributed by atoms with van der Waals surface area (Å²) in [6, 6.07) is 12.8. The third-order valence-corrected chi connectivity index (χ3v) is 3.51. The zero-order chi connectivity index (χ0) is 17.4. The number of carbonyl (C=O) groups is 1. The van der Waals surface area contributed by atoms with Crippen LogP contribution < -0.4 is 5.32 Å². The minimum Gasteiger partial charge on any atom is -0.445 e. The third kappa shape index (κ3) is 5.62. The van der Waals surface area contributed by atoms with E-state index in [0.29, 0.717) is 12.0 Å². The number of amides is 1. The first kappa shape index (κ1) is 17.9. The largest absolute Gasteiger partial charge is 0.445 e. The average Bonchev–Trinajstić information content (AvgIpc) is 2.60. The normalized spacial score (nSPS) is 11.8. The van der Waals surface area contributed by atoms with Crippen LogP contribution in [0.3, 0.4) is 0 Å². The highest BCUT2D eigenvalue weighted by molar-refractivity contribution is 5.67. The molecule has 2 aromatic rings. The second-order valence-electron chi connectivity index (χ2n) is 5.44. The molecule has 0 saturated heterocycles. The maximum absolute atomic E-state index is 13.2. The van der Waals surface area contributed by atoms with E-state index >= 15 is 0 Å². The Labute approximate surface area is 139 Å². The number of rotatable bonds is 7. The summed E-state index contributed by atoms with van der Waals surface area (Å²) in [5.74, 6) is -2.17. The Morgan fingerprint density at radius 3 is 2.50 bits per heavy atom. The molecule has 0 heterocycles. The van der Waals surface area contributed by atoms with Crippen LogP contribution in [0.25, 0.3) is 0 Å². The van der Waals surface area contributed by atoms with Gasteiger partial charge in [0.1, 0.15) is 6.61 Å². The number of carbonyl (C=O) groups excluding carboxylic acids is 1. The van der Waals surface area contributed by atoms with Crippen molar-refractivity contribution >= 4 is 6.09 Å². The summed E-state index contributed by atoms with van der Waals surface area (Å²) in [5.41, 5.74) is 1.42. The van der Waals surface area contributed by atoms with Gasteiger partial charge in [-0.15, -0.1) is 0 Å². The van der Waals surface area contributed by atoms with E-state index in [1.165, 1.54) is 6.07 Å². The molecule has 24 heavy (non-hydrogen) atoms. The van der Waals surface area contributed by atoms with Crippen molar-refractivity contribution in [3.8, 4) is 0 Å². The Morgan fingerprint density at radius 1 is 1.08 bits per heavy atom. The van der Waals surface area contributed by atoms with E-state index in [1.54, 1.807) is 0 Å². The van der Waals surface area contributed by atoms with E-state index in [-0.39, 0.29) is 25.7 Å². The lowest BCUT2D eigenvalue weighted by Gasteiger charge is -2.15. The van der Waals surface area contributed by atoms with Crippen LogP contribution in [0.15, 0.2) is 48.5 Å². The van der Waals surface area contributed by atoms with Crippen molar-refractivity contribution in [2.75, 3.05) is 13.2 Å². The number of benzene rings is 2. The Balaban J connectivity index is 1.77. The van der Waals surface area contributed by atoms with Gasteiger partial charge in [0.2, 0.25) is 0 Å². The topological polar surface area (TPSA) is 58.6 Å². The molecule has 0 fully saturated rings. The van der Waals surface area contributed by atoms with Crippen LogP contribution in [0.4, 0.5) is 13.6 Å². The zero-order valence-electron chi connectivity index (χ0n) is 13.0. The molecule has 1 unspecified atom stereocenters. The molecule has 1 amide bonds. The van der Waals surface area contributed by atoms with Crippen LogP contribution >= 0.6 is 0 Å². The minimum absolute atomic E-state index is 0.152. The minimum atomic E-state index is -0.931. The van der Waals surface area contributed by atoms with Crippen LogP contribution in [-0.4, -0.2) is 24.4 Å². The van der Waals surface area contributed by atoms with Gasteiger partial charge in [-0.25, -0.2) is 13.6 Å². The smallest absolute Gasteiger partial charge is 0.407 e. The molecule has 0 aliphatic rings. The van der Waals surface area contributed by atoms with Gasteiger partial charge in [-0.1, -0.05) is 36.4 Å². The molecule has 2 aromatic carbocycles. The second kappa shape index (κ2) is 8.98. The Hall–Kier alpha value is -2.47. The summed E-state index contributed by atoms with van der Waals surface area (Å²) in [6.45, 7) is 0.126. The van der Waals surface area contributed by atoms with Crippen molar-refractivity contribution in [2.45, 2.75) is 13.0 Å². The van der Waals surface area contributed by atoms with Gasteiger partial charge in [-0.3, -0.25) is 0 Å². The molecular weight excluding hydrogens is 316 g/mol. The summed E-state index contributed by atoms with van der Waals surface area (Å²) in [7, 11) is 0. The van der Waals surface area contributed by atoms with Crippen molar-refractivity contribution in [2.24, 2.45) is 5.92 Å². The molecule has 0 radical (unpaired) electrons. The lowest BCUT2D eigenvalue weighted by Crippen LogP contribution is -2.32. The first-order valence-electron chi connectivity index (χ1n) is 7.58. The molecule has 2 rings (SSSR count). The van der Waals surface area contributed by atoms with Crippen molar-refractivity contribution in [1.82, 2.24) is 5.32 Å². The first-order valence-corrected chi connectivity index (χ1v) is 7.58. The maximum Gasteiger partial charge on any atom is 0.407 e. The van der Waals surface area contributed by atoms with Gasteiger partial charge >= 0.3 is 6.09 Å². The molecule has 0 spiro atoms. The molecule has 0 aromatic heterocycles. The molecule has 1 atom stereocenters. The van der Waals surface area contributed by atoms with Gasteiger partial charge in [0.05, 0.1) is 0 Å². The molecule has 2 N–H and O–H groups in total. The van der Waals surface area contributed by atoms with Gasteiger partial charge in [0.25, 0.3) is 0 Å². The average molecular weight is 335 g/mol. The molecule has 0 saturated carbocycles. The highest BCUT2D eigenvalue weighted by Gasteiger charge is 2.13. The van der Waals surface area contributed by atoms with Gasteiger partial charge < -0.3 is 15.2 Å². The number of ether oxygens (including phenoxy) is 1. The van der Waals surface area contributed by atoms with Crippen LogP contribution in [0, 0.1) is 17.6 Å². The van der Waals surface area contributed by atoms with E-state index in [0.717, 1.165) is 17.7 Å². The predicted molar refractivity (Wildman–Crippen MR) is 85.3 cm³/mol. The fourth-order valence-electron chi connectivity index (χ4n) is 2.20. The van der Waals surface area contributed by atoms with E-state index in [2.05, 4.69) is 5.32 Å². The Kier molecular flexibility index (Phi) is 6.69. The van der Waals surface area contributed by atoms with Gasteiger partial charge in [-0.2, -0.15) is 0 Å². The highest BCUT2D eigenvalue weighted by atomic mass is 19.2. The van der Waals surface area contributed by atoms with E-state index in [1.807, 2.05) is 30.3 Å². The maximum atomic E-state index is 13.2. The van der Waals surface area contributed by atoms with Crippen LogP contribution in [0.5, 0.6) is 0 Å². The van der Waals surface area contributed by atoms with Crippen molar-refractivity contribution < 1.29 is 23.4 Å². The third-order valence-electron chi connectivity index (χ3n) is 3.51. The van der Waals surface area contributed by atoms with Crippen LogP contribution in [0.2, 0.25) is 0 Å². The fourth-order valence-corrected chi connectivity index (χ4v) is 2.20. The quantitative estimate of drug-likeness (QED) is 0.818. The van der Waals surface area contributed by atoms with Crippen molar-refractivity contribution in [1.29, 1.82) is 0 Å². The summed E-state index contributed by atoms with van der Waals surface area (Å²) in [4.78, 5) is 11.7. The van der Waals surface area contributed by atoms with Crippen molar-refractivity contribution in [3.05, 3.63) is 71.3 Å². The lowest BCUT2D eigenvalue weighted by molar-refractivity contribution is 0.135. The van der Waals surface area contributed by atoms with E-state index < -0.39 is 17.7 Å². The predicted octanol–water partition coefficient (Wildman–Crippen LogP) is 3.04. The molecule has 0 aliphatic heterocycles. The van der Waals surface area contributed by atoms with Gasteiger partial charge in [0, 0.05) is 19.1 Å². The zero-order valence-corrected chi connectivity index (χ0v) is 13.0. The summed E-state index contributed by atoms with van der Waals surface area (Å²) in [5, 5.41) is 11.9. The number of alkyl carbamates (subject to hydrolysis) is 1. The van der Waals surface area contributed by atoms with Crippen molar-refractivity contribution in [3.63, 3.8) is 0 Å². The van der Waals surface area contributed by atoms with Crippen LogP contribution in [-0.2, 0) is 17.8 Å². The Bertz CT molecular complexity index is 665. The number of halogens is 2. The highest BCUT2D eigenvalue weighted by Crippen LogP contribution is 2.13. The van der Waals surface area contributed by atoms with Gasteiger partial charge in [0.15, 0.2) is 11.6 Å². The van der Waals surface area contributed by atoms with E-state index in [9.17, 15) is 18.7 Å². The SMILES string of the molecule is O=C(NCC(CO)Cc1ccc(F)c(F)c1)OCc1ccccc1. The molecular formula is C18H19F2NO3. The van der Waals surface area contributed by atoms with Gasteiger partial charge in [-0.05, 0) is 29.7 Å². The standard InChI is InChI=1S/C18H19F2NO3/c19-16-7-6-14(9-17(16)20)8-15(11-22)10-21-18(23)24-12-13-4-2-1-3-5-13/h1-7,9,15,22H,8,10-12H2,(H,21,23). The first-order chi connectivity index (χ1) is 11.6.